The molecular formula is C17H28N4O9S. The standard InChI is InChI=1S/C17H28N4O9S/c1-17(2,3)29-16(24)19-8-4-5-12(19)10-28-18-14(22)13-7-6-11-9-20(13)15(23)21(11)30-31(25,26)27/h11-13H,4-10H2,1-3H3,(H,18,22)(H,25,26,27)/t11-,12-,13+/m1/s1. The lowest BCUT2D eigenvalue weighted by Crippen LogP contribution is -2.50. The summed E-state index contributed by atoms with van der Waals surface area (Å²) in [6, 6.07) is -2.53. The van der Waals surface area contributed by atoms with E-state index in [-0.39, 0.29) is 25.6 Å². The highest BCUT2D eigenvalue weighted by molar-refractivity contribution is 7.80. The highest BCUT2D eigenvalue weighted by Crippen LogP contribution is 2.30. The highest BCUT2D eigenvalue weighted by Gasteiger charge is 2.49. The lowest BCUT2D eigenvalue weighted by molar-refractivity contribution is -0.140. The Labute approximate surface area is 180 Å². The van der Waals surface area contributed by atoms with Crippen LogP contribution in [0, 0.1) is 0 Å². The van der Waals surface area contributed by atoms with E-state index >= 15 is 0 Å². The van der Waals surface area contributed by atoms with E-state index in [9.17, 15) is 22.8 Å². The van der Waals surface area contributed by atoms with Crippen LogP contribution in [0.3, 0.4) is 0 Å². The minimum absolute atomic E-state index is 0.0618. The third-order valence-corrected chi connectivity index (χ3v) is 5.60. The Morgan fingerprint density at radius 1 is 1.23 bits per heavy atom. The van der Waals surface area contributed by atoms with Gasteiger partial charge in [-0.15, -0.1) is 4.28 Å². The number of piperidine rings is 1. The maximum atomic E-state index is 12.5. The fourth-order valence-corrected chi connectivity index (χ4v) is 4.34. The highest BCUT2D eigenvalue weighted by atomic mass is 32.3. The van der Waals surface area contributed by atoms with Crippen molar-refractivity contribution in [1.29, 1.82) is 0 Å². The third-order valence-electron chi connectivity index (χ3n) is 5.25. The first-order chi connectivity index (χ1) is 14.4. The first-order valence-electron chi connectivity index (χ1n) is 10.0. The summed E-state index contributed by atoms with van der Waals surface area (Å²) in [6.45, 7) is 6.02. The largest absolute Gasteiger partial charge is 0.444 e. The number of rotatable bonds is 6. The number of ether oxygens (including phenoxy) is 1. The molecular weight excluding hydrogens is 436 g/mol. The molecule has 176 valence electrons. The molecule has 3 fully saturated rings. The predicted octanol–water partition coefficient (Wildman–Crippen LogP) is 0.437. The number of amides is 4. The summed E-state index contributed by atoms with van der Waals surface area (Å²) >= 11 is 0. The SMILES string of the molecule is CC(C)(C)OC(=O)N1CCC[C@@H]1CONC(=O)[C@@H]1CC[C@@H]2CN1C(=O)N2OS(=O)(=O)O. The molecule has 0 saturated carbocycles. The second kappa shape index (κ2) is 8.76. The van der Waals surface area contributed by atoms with Gasteiger partial charge in [0.2, 0.25) is 0 Å². The Balaban J connectivity index is 1.50. The number of nitrogens with zero attached hydrogens (tertiary/aromatic N) is 3. The third kappa shape index (κ3) is 5.75. The number of urea groups is 1. The zero-order valence-electron chi connectivity index (χ0n) is 17.6. The molecule has 0 spiro atoms. The molecule has 0 radical (unpaired) electrons. The van der Waals surface area contributed by atoms with E-state index in [2.05, 4.69) is 9.76 Å². The molecule has 3 saturated heterocycles. The zero-order chi connectivity index (χ0) is 23.0. The quantitative estimate of drug-likeness (QED) is 0.421. The molecule has 0 aromatic heterocycles. The molecule has 14 heteroatoms. The smallest absolute Gasteiger partial charge is 0.418 e. The van der Waals surface area contributed by atoms with Crippen molar-refractivity contribution in [2.45, 2.75) is 70.2 Å². The van der Waals surface area contributed by atoms with E-state index in [1.165, 1.54) is 4.90 Å². The Morgan fingerprint density at radius 3 is 2.58 bits per heavy atom. The molecule has 0 aliphatic carbocycles. The van der Waals surface area contributed by atoms with Crippen LogP contribution in [0.2, 0.25) is 0 Å². The predicted molar refractivity (Wildman–Crippen MR) is 103 cm³/mol. The van der Waals surface area contributed by atoms with E-state index in [1.807, 2.05) is 0 Å². The maximum absolute atomic E-state index is 12.5. The molecule has 4 amide bonds. The van der Waals surface area contributed by atoms with Crippen molar-refractivity contribution < 1.29 is 41.2 Å². The van der Waals surface area contributed by atoms with Crippen LogP contribution in [0.25, 0.3) is 0 Å². The van der Waals surface area contributed by atoms with Crippen LogP contribution in [0.1, 0.15) is 46.5 Å². The topological polar surface area (TPSA) is 155 Å². The summed E-state index contributed by atoms with van der Waals surface area (Å²) in [6.07, 6.45) is 1.63. The maximum Gasteiger partial charge on any atom is 0.418 e. The molecule has 3 heterocycles. The van der Waals surface area contributed by atoms with Crippen molar-refractivity contribution in [3.05, 3.63) is 0 Å². The Kier molecular flexibility index (Phi) is 6.64. The Hall–Kier alpha value is -2.16. The van der Waals surface area contributed by atoms with Crippen LogP contribution in [-0.2, 0) is 29.1 Å². The van der Waals surface area contributed by atoms with Gasteiger partial charge in [0.25, 0.3) is 5.91 Å². The summed E-state index contributed by atoms with van der Waals surface area (Å²) < 4.78 is 40.4. The van der Waals surface area contributed by atoms with Gasteiger partial charge in [-0.1, -0.05) is 0 Å². The molecule has 2 bridgehead atoms. The molecule has 2 N–H and O–H groups in total. The van der Waals surface area contributed by atoms with Crippen molar-refractivity contribution in [3.63, 3.8) is 0 Å². The molecule has 3 aliphatic heterocycles. The van der Waals surface area contributed by atoms with Gasteiger partial charge in [0.1, 0.15) is 11.6 Å². The van der Waals surface area contributed by atoms with Gasteiger partial charge in [0, 0.05) is 13.1 Å². The molecule has 0 unspecified atom stereocenters. The number of fused-ring (bicyclic) bond motifs is 2. The average molecular weight is 464 g/mol. The lowest BCUT2D eigenvalue weighted by Gasteiger charge is -2.30. The van der Waals surface area contributed by atoms with E-state index in [4.69, 9.17) is 14.1 Å². The normalized spacial score (nSPS) is 26.4. The van der Waals surface area contributed by atoms with Crippen LogP contribution in [-0.4, -0.2) is 89.3 Å². The number of carbonyl (C=O) groups excluding carboxylic acids is 3. The number of hydrogen-bond acceptors (Lipinski definition) is 8. The molecule has 13 nitrogen and oxygen atoms in total. The monoisotopic (exact) mass is 464 g/mol. The molecule has 3 atom stereocenters. The van der Waals surface area contributed by atoms with Crippen molar-refractivity contribution >= 4 is 28.4 Å². The summed E-state index contributed by atoms with van der Waals surface area (Å²) in [5.41, 5.74) is 1.70. The first kappa shape index (κ1) is 23.5. The minimum Gasteiger partial charge on any atom is -0.444 e. The molecule has 31 heavy (non-hydrogen) atoms. The minimum atomic E-state index is -4.85. The van der Waals surface area contributed by atoms with Gasteiger partial charge in [-0.3, -0.25) is 14.2 Å². The second-order valence-corrected chi connectivity index (χ2v) is 9.76. The van der Waals surface area contributed by atoms with Gasteiger partial charge in [0.05, 0.1) is 18.7 Å². The summed E-state index contributed by atoms with van der Waals surface area (Å²) in [4.78, 5) is 45.3. The number of carbonyl (C=O) groups is 3. The van der Waals surface area contributed by atoms with Crippen molar-refractivity contribution in [1.82, 2.24) is 20.3 Å². The van der Waals surface area contributed by atoms with Crippen LogP contribution < -0.4 is 5.48 Å². The number of hydroxylamine groups is 3. The van der Waals surface area contributed by atoms with Gasteiger partial charge in [-0.25, -0.2) is 15.1 Å². The lowest BCUT2D eigenvalue weighted by atomic mass is 10.0. The van der Waals surface area contributed by atoms with Crippen molar-refractivity contribution in [2.24, 2.45) is 0 Å². The van der Waals surface area contributed by atoms with Gasteiger partial charge >= 0.3 is 22.5 Å². The molecule has 3 rings (SSSR count). The fraction of sp³-hybridized carbons (Fsp3) is 0.824. The van der Waals surface area contributed by atoms with Crippen LogP contribution in [0.15, 0.2) is 0 Å². The average Bonchev–Trinajstić information content (AvgIpc) is 3.19. The van der Waals surface area contributed by atoms with Crippen LogP contribution in [0.5, 0.6) is 0 Å². The van der Waals surface area contributed by atoms with E-state index < -0.39 is 46.1 Å². The molecule has 3 aliphatic rings. The van der Waals surface area contributed by atoms with Crippen LogP contribution in [0.4, 0.5) is 9.59 Å². The number of hydrogen-bond donors (Lipinski definition) is 2. The fourth-order valence-electron chi connectivity index (χ4n) is 3.95. The van der Waals surface area contributed by atoms with Gasteiger partial charge in [-0.05, 0) is 46.5 Å². The Bertz CT molecular complexity index is 828. The number of likely N-dealkylation sites (tertiary alicyclic amines) is 1. The van der Waals surface area contributed by atoms with Crippen LogP contribution >= 0.6 is 0 Å². The van der Waals surface area contributed by atoms with E-state index in [0.717, 1.165) is 6.42 Å². The van der Waals surface area contributed by atoms with Gasteiger partial charge in [0.15, 0.2) is 0 Å². The van der Waals surface area contributed by atoms with Crippen molar-refractivity contribution in [3.8, 4) is 0 Å². The summed E-state index contributed by atoms with van der Waals surface area (Å²) in [5.74, 6) is -0.567. The van der Waals surface area contributed by atoms with Gasteiger partial charge < -0.3 is 14.5 Å². The van der Waals surface area contributed by atoms with E-state index in [0.29, 0.717) is 24.4 Å². The molecule has 0 aromatic rings. The first-order valence-corrected chi connectivity index (χ1v) is 11.4. The van der Waals surface area contributed by atoms with E-state index in [1.54, 1.807) is 25.7 Å². The molecule has 0 aromatic carbocycles. The second-order valence-electron chi connectivity index (χ2n) is 8.76. The number of nitrogens with one attached hydrogen (secondary N) is 1. The van der Waals surface area contributed by atoms with Crippen molar-refractivity contribution in [2.75, 3.05) is 19.7 Å². The summed E-state index contributed by atoms with van der Waals surface area (Å²) in [5, 5.41) is 0.570. The Morgan fingerprint density at radius 2 is 1.94 bits per heavy atom. The van der Waals surface area contributed by atoms with Gasteiger partial charge in [-0.2, -0.15) is 13.5 Å². The zero-order valence-corrected chi connectivity index (χ0v) is 18.5. The summed E-state index contributed by atoms with van der Waals surface area (Å²) in [7, 11) is -4.85.